The molecule has 0 aliphatic rings. The van der Waals surface area contributed by atoms with Crippen molar-refractivity contribution in [1.29, 1.82) is 0 Å². The van der Waals surface area contributed by atoms with Gasteiger partial charge in [0.05, 0.1) is 17.0 Å². The van der Waals surface area contributed by atoms with Crippen LogP contribution in [-0.4, -0.2) is 17.4 Å². The van der Waals surface area contributed by atoms with Crippen molar-refractivity contribution in [2.75, 3.05) is 6.54 Å². The number of nitrogens with one attached hydrogen (secondary N) is 1. The molecule has 3 nitrogen and oxygen atoms in total. The number of carbonyl (C=O) groups is 1. The molecule has 2 rings (SSSR count). The Morgan fingerprint density at radius 2 is 2.33 bits per heavy atom. The normalized spacial score (nSPS) is 10.3. The second kappa shape index (κ2) is 6.26. The molecule has 2 aromatic rings. The van der Waals surface area contributed by atoms with Crippen LogP contribution in [0.2, 0.25) is 0 Å². The minimum absolute atomic E-state index is 0.0429. The van der Waals surface area contributed by atoms with Crippen LogP contribution in [-0.2, 0) is 11.2 Å². The second-order valence-corrected chi connectivity index (χ2v) is 6.52. The van der Waals surface area contributed by atoms with Gasteiger partial charge in [-0.25, -0.2) is 4.98 Å². The first-order valence-electron chi connectivity index (χ1n) is 5.23. The molecule has 0 aliphatic heterocycles. The minimum atomic E-state index is -0.0429. The lowest BCUT2D eigenvalue weighted by atomic mass is 10.3. The maximum atomic E-state index is 11.6. The summed E-state index contributed by atoms with van der Waals surface area (Å²) in [5.41, 5.74) is 0.807. The molecule has 18 heavy (non-hydrogen) atoms. The summed E-state index contributed by atoms with van der Waals surface area (Å²) in [6.45, 7) is 4.11. The van der Waals surface area contributed by atoms with Crippen LogP contribution in [0.1, 0.15) is 5.69 Å². The van der Waals surface area contributed by atoms with E-state index in [0.29, 0.717) is 13.0 Å². The summed E-state index contributed by atoms with van der Waals surface area (Å²) >= 11 is 6.42. The third-order valence-electron chi connectivity index (χ3n) is 2.10. The fourth-order valence-electron chi connectivity index (χ4n) is 1.32. The quantitative estimate of drug-likeness (QED) is 0.904. The van der Waals surface area contributed by atoms with Crippen molar-refractivity contribution >= 4 is 44.5 Å². The van der Waals surface area contributed by atoms with Gasteiger partial charge in [0.15, 0.2) is 0 Å². The van der Waals surface area contributed by atoms with Gasteiger partial charge in [-0.15, -0.1) is 22.7 Å². The number of thiazole rings is 1. The predicted molar refractivity (Wildman–Crippen MR) is 80.2 cm³/mol. The van der Waals surface area contributed by atoms with E-state index < -0.39 is 0 Å². The second-order valence-electron chi connectivity index (χ2n) is 3.59. The van der Waals surface area contributed by atoms with E-state index in [4.69, 9.17) is 0 Å². The van der Waals surface area contributed by atoms with Gasteiger partial charge in [0.2, 0.25) is 5.91 Å². The standard InChI is InChI=1S/C12H11BrN2OS2/c1-8(13)6-14-11(16)5-9-7-18-12(15-9)10-3-2-4-17-10/h2-4,7H,1,5-6H2,(H,14,16). The summed E-state index contributed by atoms with van der Waals surface area (Å²) in [5.74, 6) is -0.0429. The highest BCUT2D eigenvalue weighted by Crippen LogP contribution is 2.27. The molecule has 0 atom stereocenters. The largest absolute Gasteiger partial charge is 0.351 e. The lowest BCUT2D eigenvalue weighted by Crippen LogP contribution is -2.26. The van der Waals surface area contributed by atoms with Crippen molar-refractivity contribution in [2.45, 2.75) is 6.42 Å². The molecule has 1 N–H and O–H groups in total. The van der Waals surface area contributed by atoms with E-state index in [1.54, 1.807) is 22.7 Å². The van der Waals surface area contributed by atoms with E-state index in [2.05, 4.69) is 32.8 Å². The molecule has 2 aromatic heterocycles. The van der Waals surface area contributed by atoms with Gasteiger partial charge in [-0.1, -0.05) is 28.6 Å². The first-order valence-corrected chi connectivity index (χ1v) is 7.78. The zero-order valence-electron chi connectivity index (χ0n) is 9.48. The van der Waals surface area contributed by atoms with Crippen molar-refractivity contribution in [3.8, 4) is 9.88 Å². The maximum absolute atomic E-state index is 11.6. The molecule has 0 fully saturated rings. The topological polar surface area (TPSA) is 42.0 Å². The average molecular weight is 343 g/mol. The van der Waals surface area contributed by atoms with Gasteiger partial charge in [0.25, 0.3) is 0 Å². The van der Waals surface area contributed by atoms with Crippen molar-refractivity contribution in [3.63, 3.8) is 0 Å². The van der Waals surface area contributed by atoms with Gasteiger partial charge in [0, 0.05) is 16.4 Å². The molecule has 0 radical (unpaired) electrons. The van der Waals surface area contributed by atoms with Crippen molar-refractivity contribution in [1.82, 2.24) is 10.3 Å². The Morgan fingerprint density at radius 1 is 1.50 bits per heavy atom. The number of hydrogen-bond donors (Lipinski definition) is 1. The Bertz CT molecular complexity index is 548. The van der Waals surface area contributed by atoms with Crippen LogP contribution in [0.25, 0.3) is 9.88 Å². The Kier molecular flexibility index (Phi) is 4.68. The molecule has 0 aromatic carbocycles. The zero-order chi connectivity index (χ0) is 13.0. The van der Waals surface area contributed by atoms with Crippen LogP contribution >= 0.6 is 38.6 Å². The van der Waals surface area contributed by atoms with Gasteiger partial charge in [0.1, 0.15) is 5.01 Å². The molecular weight excluding hydrogens is 332 g/mol. The summed E-state index contributed by atoms with van der Waals surface area (Å²) in [6, 6.07) is 4.03. The Labute approximate surface area is 122 Å². The lowest BCUT2D eigenvalue weighted by Gasteiger charge is -2.01. The average Bonchev–Trinajstić information content (AvgIpc) is 2.95. The van der Waals surface area contributed by atoms with Crippen LogP contribution in [0.4, 0.5) is 0 Å². The molecule has 2 heterocycles. The van der Waals surface area contributed by atoms with Gasteiger partial charge >= 0.3 is 0 Å². The van der Waals surface area contributed by atoms with Gasteiger partial charge in [-0.3, -0.25) is 4.79 Å². The highest BCUT2D eigenvalue weighted by molar-refractivity contribution is 9.11. The summed E-state index contributed by atoms with van der Waals surface area (Å²) in [4.78, 5) is 17.2. The van der Waals surface area contributed by atoms with E-state index in [1.807, 2.05) is 22.9 Å². The van der Waals surface area contributed by atoms with E-state index in [0.717, 1.165) is 20.1 Å². The lowest BCUT2D eigenvalue weighted by molar-refractivity contribution is -0.120. The minimum Gasteiger partial charge on any atom is -0.351 e. The zero-order valence-corrected chi connectivity index (χ0v) is 12.7. The SMILES string of the molecule is C=C(Br)CNC(=O)Cc1csc(-c2cccs2)n1. The summed E-state index contributed by atoms with van der Waals surface area (Å²) in [7, 11) is 0. The maximum Gasteiger partial charge on any atom is 0.226 e. The van der Waals surface area contributed by atoms with Gasteiger partial charge in [-0.2, -0.15) is 0 Å². The highest BCUT2D eigenvalue weighted by Gasteiger charge is 2.09. The molecular formula is C12H11BrN2OS2. The van der Waals surface area contributed by atoms with Crippen LogP contribution in [0.3, 0.4) is 0 Å². The van der Waals surface area contributed by atoms with Gasteiger partial charge in [-0.05, 0) is 11.4 Å². The monoisotopic (exact) mass is 342 g/mol. The van der Waals surface area contributed by atoms with Crippen LogP contribution in [0, 0.1) is 0 Å². The summed E-state index contributed by atoms with van der Waals surface area (Å²) < 4.78 is 0.758. The number of carbonyl (C=O) groups excluding carboxylic acids is 1. The fraction of sp³-hybridized carbons (Fsp3) is 0.167. The molecule has 6 heteroatoms. The fourth-order valence-corrected chi connectivity index (χ4v) is 3.10. The molecule has 1 amide bonds. The number of amides is 1. The van der Waals surface area contributed by atoms with E-state index in [1.165, 1.54) is 0 Å². The van der Waals surface area contributed by atoms with Crippen molar-refractivity contribution in [2.24, 2.45) is 0 Å². The van der Waals surface area contributed by atoms with Crippen molar-refractivity contribution < 1.29 is 4.79 Å². The van der Waals surface area contributed by atoms with Crippen LogP contribution in [0.5, 0.6) is 0 Å². The Hall–Kier alpha value is -0.980. The van der Waals surface area contributed by atoms with E-state index in [-0.39, 0.29) is 5.91 Å². The number of halogens is 1. The third kappa shape index (κ3) is 3.76. The number of nitrogens with zero attached hydrogens (tertiary/aromatic N) is 1. The third-order valence-corrected chi connectivity index (χ3v) is 4.31. The van der Waals surface area contributed by atoms with Crippen LogP contribution < -0.4 is 5.32 Å². The number of hydrogen-bond acceptors (Lipinski definition) is 4. The number of rotatable bonds is 5. The van der Waals surface area contributed by atoms with Crippen LogP contribution in [0.15, 0.2) is 34.0 Å². The van der Waals surface area contributed by atoms with Gasteiger partial charge < -0.3 is 5.32 Å². The Morgan fingerprint density at radius 3 is 3.00 bits per heavy atom. The van der Waals surface area contributed by atoms with E-state index >= 15 is 0 Å². The first-order chi connectivity index (χ1) is 8.65. The predicted octanol–water partition coefficient (Wildman–Crippen LogP) is 3.44. The van der Waals surface area contributed by atoms with E-state index in [9.17, 15) is 4.79 Å². The summed E-state index contributed by atoms with van der Waals surface area (Å²) in [5, 5.41) is 7.67. The Balaban J connectivity index is 1.95. The molecule has 0 saturated carbocycles. The molecule has 0 unspecified atom stereocenters. The smallest absolute Gasteiger partial charge is 0.226 e. The molecule has 0 bridgehead atoms. The number of aromatic nitrogens is 1. The van der Waals surface area contributed by atoms with Crippen molar-refractivity contribution in [3.05, 3.63) is 39.6 Å². The first kappa shape index (κ1) is 13.5. The molecule has 0 saturated heterocycles. The highest BCUT2D eigenvalue weighted by atomic mass is 79.9. The summed E-state index contributed by atoms with van der Waals surface area (Å²) in [6.07, 6.45) is 0.308. The molecule has 0 aliphatic carbocycles. The molecule has 94 valence electrons. The number of thiophene rings is 1. The molecule has 0 spiro atoms.